The first-order valence-corrected chi connectivity index (χ1v) is 8.44. The molecule has 0 saturated heterocycles. The van der Waals surface area contributed by atoms with Gasteiger partial charge in [0, 0.05) is 24.4 Å². The molecule has 2 heterocycles. The molecule has 0 amide bonds. The van der Waals surface area contributed by atoms with Crippen molar-refractivity contribution in [2.24, 2.45) is 0 Å². The minimum Gasteiger partial charge on any atom is -0.477 e. The predicted octanol–water partition coefficient (Wildman–Crippen LogP) is 3.49. The van der Waals surface area contributed by atoms with E-state index in [9.17, 15) is 19.5 Å². The summed E-state index contributed by atoms with van der Waals surface area (Å²) >= 11 is 0. The molecular weight excluding hydrogens is 346 g/mol. The second kappa shape index (κ2) is 6.25. The molecule has 1 N–H and O–H groups in total. The van der Waals surface area contributed by atoms with Crippen LogP contribution in [0.25, 0.3) is 33.2 Å². The zero-order valence-electron chi connectivity index (χ0n) is 14.4. The van der Waals surface area contributed by atoms with Crippen LogP contribution in [0.4, 0.5) is 0 Å². The van der Waals surface area contributed by atoms with Gasteiger partial charge in [0.1, 0.15) is 16.9 Å². The molecule has 0 aliphatic carbocycles. The van der Waals surface area contributed by atoms with Gasteiger partial charge >= 0.3 is 5.97 Å². The highest BCUT2D eigenvalue weighted by molar-refractivity contribution is 6.06. The number of aromatic nitrogens is 1. The Kier molecular flexibility index (Phi) is 3.88. The van der Waals surface area contributed by atoms with Gasteiger partial charge in [-0.05, 0) is 19.1 Å². The normalized spacial score (nSPS) is 11.1. The topological polar surface area (TPSA) is 89.5 Å². The molecule has 0 saturated carbocycles. The Morgan fingerprint density at radius 3 is 2.48 bits per heavy atom. The standard InChI is InChI=1S/C21H15NO5/c1-2-22-11-13(21(25)26)20(24)18-14(22)8-9-16-19(18)15(23)10-17(27-16)12-6-4-3-5-7-12/h3-11H,2H2,1H3,(H,25,26). The smallest absolute Gasteiger partial charge is 0.341 e. The quantitative estimate of drug-likeness (QED) is 0.564. The number of aromatic carboxylic acids is 1. The molecule has 0 bridgehead atoms. The van der Waals surface area contributed by atoms with Crippen molar-refractivity contribution in [1.29, 1.82) is 0 Å². The number of hydrogen-bond donors (Lipinski definition) is 1. The summed E-state index contributed by atoms with van der Waals surface area (Å²) < 4.78 is 7.51. The van der Waals surface area contributed by atoms with Crippen LogP contribution in [0, 0.1) is 0 Å². The molecule has 0 atom stereocenters. The van der Waals surface area contributed by atoms with Gasteiger partial charge in [-0.15, -0.1) is 0 Å². The van der Waals surface area contributed by atoms with E-state index in [1.165, 1.54) is 12.3 Å². The van der Waals surface area contributed by atoms with E-state index >= 15 is 0 Å². The van der Waals surface area contributed by atoms with Gasteiger partial charge in [-0.3, -0.25) is 9.59 Å². The Hall–Kier alpha value is -3.67. The molecule has 2 aromatic carbocycles. The minimum absolute atomic E-state index is 0.0719. The van der Waals surface area contributed by atoms with Gasteiger partial charge in [-0.1, -0.05) is 30.3 Å². The van der Waals surface area contributed by atoms with Gasteiger partial charge in [0.25, 0.3) is 0 Å². The van der Waals surface area contributed by atoms with E-state index in [1.807, 2.05) is 37.3 Å². The molecule has 0 unspecified atom stereocenters. The Morgan fingerprint density at radius 1 is 1.07 bits per heavy atom. The molecule has 27 heavy (non-hydrogen) atoms. The monoisotopic (exact) mass is 361 g/mol. The fraction of sp³-hybridized carbons (Fsp3) is 0.0952. The summed E-state index contributed by atoms with van der Waals surface area (Å²) in [7, 11) is 0. The molecule has 0 spiro atoms. The Morgan fingerprint density at radius 2 is 1.81 bits per heavy atom. The zero-order chi connectivity index (χ0) is 19.1. The van der Waals surface area contributed by atoms with Crippen LogP contribution < -0.4 is 10.9 Å². The predicted molar refractivity (Wildman–Crippen MR) is 102 cm³/mol. The van der Waals surface area contributed by atoms with Gasteiger partial charge in [0.15, 0.2) is 5.43 Å². The molecule has 0 aliphatic heterocycles. The number of nitrogens with zero attached hydrogens (tertiary/aromatic N) is 1. The Balaban J connectivity index is 2.16. The lowest BCUT2D eigenvalue weighted by Crippen LogP contribution is -2.20. The molecule has 6 nitrogen and oxygen atoms in total. The lowest BCUT2D eigenvalue weighted by atomic mass is 10.0. The van der Waals surface area contributed by atoms with Crippen molar-refractivity contribution in [3.8, 4) is 11.3 Å². The fourth-order valence-electron chi connectivity index (χ4n) is 3.29. The third kappa shape index (κ3) is 2.62. The third-order valence-corrected chi connectivity index (χ3v) is 4.57. The van der Waals surface area contributed by atoms with Gasteiger partial charge < -0.3 is 14.1 Å². The number of benzene rings is 2. The van der Waals surface area contributed by atoms with E-state index in [4.69, 9.17) is 4.42 Å². The Bertz CT molecular complexity index is 1320. The molecule has 0 radical (unpaired) electrons. The van der Waals surface area contributed by atoms with Crippen LogP contribution in [0.3, 0.4) is 0 Å². The van der Waals surface area contributed by atoms with Gasteiger partial charge in [-0.2, -0.15) is 0 Å². The van der Waals surface area contributed by atoms with Crippen molar-refractivity contribution in [2.45, 2.75) is 13.5 Å². The van der Waals surface area contributed by atoms with Crippen molar-refractivity contribution >= 4 is 27.8 Å². The summed E-state index contributed by atoms with van der Waals surface area (Å²) in [5.41, 5.74) is 0.0386. The lowest BCUT2D eigenvalue weighted by Gasteiger charge is -2.12. The summed E-state index contributed by atoms with van der Waals surface area (Å²) in [6.45, 7) is 2.29. The van der Waals surface area contributed by atoms with Crippen LogP contribution >= 0.6 is 0 Å². The van der Waals surface area contributed by atoms with Gasteiger partial charge in [0.05, 0.1) is 16.3 Å². The number of pyridine rings is 1. The van der Waals surface area contributed by atoms with E-state index in [0.29, 0.717) is 17.8 Å². The van der Waals surface area contributed by atoms with Crippen LogP contribution in [0.1, 0.15) is 17.3 Å². The first-order chi connectivity index (χ1) is 13.0. The summed E-state index contributed by atoms with van der Waals surface area (Å²) in [4.78, 5) is 37.1. The Labute approximate surface area is 152 Å². The van der Waals surface area contributed by atoms with Crippen LogP contribution in [0.15, 0.2) is 68.7 Å². The van der Waals surface area contributed by atoms with E-state index in [0.717, 1.165) is 5.56 Å². The molecule has 2 aromatic heterocycles. The van der Waals surface area contributed by atoms with Crippen molar-refractivity contribution in [2.75, 3.05) is 0 Å². The van der Waals surface area contributed by atoms with E-state index in [2.05, 4.69) is 0 Å². The SMILES string of the molecule is CCn1cc(C(=O)O)c(=O)c2c3c(=O)cc(-c4ccccc4)oc3ccc21. The first kappa shape index (κ1) is 16.8. The largest absolute Gasteiger partial charge is 0.477 e. The van der Waals surface area contributed by atoms with Gasteiger partial charge in [0.2, 0.25) is 5.43 Å². The summed E-state index contributed by atoms with van der Waals surface area (Å²) in [5, 5.41) is 9.54. The number of hydrogen-bond acceptors (Lipinski definition) is 4. The molecule has 0 fully saturated rings. The van der Waals surface area contributed by atoms with E-state index in [1.54, 1.807) is 16.7 Å². The average molecular weight is 361 g/mol. The fourth-order valence-corrected chi connectivity index (χ4v) is 3.29. The molecule has 6 heteroatoms. The van der Waals surface area contributed by atoms with Crippen molar-refractivity contribution < 1.29 is 14.3 Å². The van der Waals surface area contributed by atoms with Crippen LogP contribution in [0.5, 0.6) is 0 Å². The highest BCUT2D eigenvalue weighted by Crippen LogP contribution is 2.26. The van der Waals surface area contributed by atoms with Gasteiger partial charge in [-0.25, -0.2) is 4.79 Å². The highest BCUT2D eigenvalue weighted by Gasteiger charge is 2.19. The number of aryl methyl sites for hydroxylation is 1. The molecular formula is C21H15NO5. The zero-order valence-corrected chi connectivity index (χ0v) is 14.4. The summed E-state index contributed by atoms with van der Waals surface area (Å²) in [6.07, 6.45) is 1.30. The highest BCUT2D eigenvalue weighted by atomic mass is 16.4. The summed E-state index contributed by atoms with van der Waals surface area (Å²) in [5.74, 6) is -0.941. The molecule has 134 valence electrons. The maximum absolute atomic E-state index is 12.9. The second-order valence-corrected chi connectivity index (χ2v) is 6.14. The van der Waals surface area contributed by atoms with Crippen LogP contribution in [-0.2, 0) is 6.54 Å². The lowest BCUT2D eigenvalue weighted by molar-refractivity contribution is 0.0695. The van der Waals surface area contributed by atoms with Crippen LogP contribution in [0.2, 0.25) is 0 Å². The minimum atomic E-state index is -1.33. The van der Waals surface area contributed by atoms with Crippen molar-refractivity contribution in [3.63, 3.8) is 0 Å². The first-order valence-electron chi connectivity index (χ1n) is 8.44. The maximum atomic E-state index is 12.9. The number of carbonyl (C=O) groups is 1. The number of carboxylic acid groups (broad SMARTS) is 1. The number of carboxylic acids is 1. The second-order valence-electron chi connectivity index (χ2n) is 6.14. The molecule has 0 aliphatic rings. The van der Waals surface area contributed by atoms with E-state index in [-0.39, 0.29) is 27.3 Å². The number of rotatable bonds is 3. The number of fused-ring (bicyclic) bond motifs is 3. The molecule has 4 aromatic rings. The maximum Gasteiger partial charge on any atom is 0.341 e. The average Bonchev–Trinajstić information content (AvgIpc) is 2.68. The van der Waals surface area contributed by atoms with Crippen molar-refractivity contribution in [3.05, 3.63) is 80.7 Å². The van der Waals surface area contributed by atoms with Crippen LogP contribution in [-0.4, -0.2) is 15.6 Å². The van der Waals surface area contributed by atoms with E-state index < -0.39 is 11.4 Å². The van der Waals surface area contributed by atoms with Crippen molar-refractivity contribution in [1.82, 2.24) is 4.57 Å². The third-order valence-electron chi connectivity index (χ3n) is 4.57. The molecule has 4 rings (SSSR count). The summed E-state index contributed by atoms with van der Waals surface area (Å²) in [6, 6.07) is 13.8.